The number of aromatic nitrogens is 2. The van der Waals surface area contributed by atoms with E-state index >= 15 is 0 Å². The van der Waals surface area contributed by atoms with Crippen molar-refractivity contribution in [3.05, 3.63) is 65.1 Å². The molecule has 0 spiro atoms. The first-order valence-electron chi connectivity index (χ1n) is 8.91. The van der Waals surface area contributed by atoms with E-state index in [1.165, 1.54) is 42.1 Å². The minimum absolute atomic E-state index is 0.745. The molecule has 2 aromatic heterocycles. The zero-order chi connectivity index (χ0) is 19.2. The highest BCUT2D eigenvalue weighted by molar-refractivity contribution is 5.87. The molecular weight excluding hydrogens is 340 g/mol. The van der Waals surface area contributed by atoms with Crippen molar-refractivity contribution >= 4 is 17.0 Å². The molecule has 1 aromatic carbocycles. The van der Waals surface area contributed by atoms with E-state index < -0.39 is 6.09 Å². The largest absolute Gasteiger partial charge is 0.453 e. The number of primary amides is 1. The van der Waals surface area contributed by atoms with Crippen molar-refractivity contribution in [3.8, 4) is 6.07 Å². The summed E-state index contributed by atoms with van der Waals surface area (Å²) in [4.78, 5) is 13.8. The first kappa shape index (κ1) is 18.5. The summed E-state index contributed by atoms with van der Waals surface area (Å²) in [5.41, 5.74) is 10.4. The second kappa shape index (κ2) is 8.37. The van der Waals surface area contributed by atoms with Crippen molar-refractivity contribution in [2.24, 2.45) is 5.73 Å². The van der Waals surface area contributed by atoms with Gasteiger partial charge < -0.3 is 15.0 Å². The molecule has 0 fully saturated rings. The topological polar surface area (TPSA) is 93.9 Å². The van der Waals surface area contributed by atoms with Gasteiger partial charge in [0.1, 0.15) is 0 Å². The van der Waals surface area contributed by atoms with Gasteiger partial charge in [-0.15, -0.1) is 0 Å². The number of pyridine rings is 1. The van der Waals surface area contributed by atoms with Crippen molar-refractivity contribution in [1.29, 1.82) is 5.26 Å². The third kappa shape index (κ3) is 4.09. The molecule has 0 unspecified atom stereocenters. The molecule has 1 aliphatic carbocycles. The number of carbonyl (C=O) groups is 1. The Balaban J connectivity index is 0.000000376. The van der Waals surface area contributed by atoms with Crippen molar-refractivity contribution < 1.29 is 9.53 Å². The SMILES string of the molecule is COC(N)=O.N#Cc1ccc2c(c1)c1c(n2Cc2ccccn2)CCCC1. The molecule has 0 bridgehead atoms. The van der Waals surface area contributed by atoms with Crippen LogP contribution in [0.4, 0.5) is 4.79 Å². The lowest BCUT2D eigenvalue weighted by atomic mass is 9.95. The number of nitrogens with two attached hydrogens (primary N) is 1. The quantitative estimate of drug-likeness (QED) is 0.754. The highest BCUT2D eigenvalue weighted by Crippen LogP contribution is 2.33. The third-order valence-electron chi connectivity index (χ3n) is 4.75. The average Bonchev–Trinajstić information content (AvgIpc) is 3.02. The predicted molar refractivity (Wildman–Crippen MR) is 103 cm³/mol. The van der Waals surface area contributed by atoms with E-state index in [0.29, 0.717) is 0 Å². The number of amides is 1. The molecule has 6 heteroatoms. The molecular formula is C21H22N4O2. The number of aryl methyl sites for hydroxylation is 1. The second-order valence-corrected chi connectivity index (χ2v) is 6.41. The van der Waals surface area contributed by atoms with Crippen LogP contribution in [-0.2, 0) is 24.1 Å². The van der Waals surface area contributed by atoms with E-state index in [9.17, 15) is 10.1 Å². The first-order valence-corrected chi connectivity index (χ1v) is 8.91. The molecule has 138 valence electrons. The van der Waals surface area contributed by atoms with Crippen LogP contribution in [0, 0.1) is 11.3 Å². The predicted octanol–water partition coefficient (Wildman–Crippen LogP) is 3.55. The Hall–Kier alpha value is -3.33. The van der Waals surface area contributed by atoms with Crippen LogP contribution in [0.5, 0.6) is 0 Å². The number of benzene rings is 1. The Morgan fingerprint density at radius 1 is 1.30 bits per heavy atom. The van der Waals surface area contributed by atoms with Crippen molar-refractivity contribution in [1.82, 2.24) is 9.55 Å². The Morgan fingerprint density at radius 2 is 2.07 bits per heavy atom. The lowest BCUT2D eigenvalue weighted by Gasteiger charge is -2.15. The molecule has 0 radical (unpaired) electrons. The van der Waals surface area contributed by atoms with Crippen LogP contribution in [-0.4, -0.2) is 22.8 Å². The van der Waals surface area contributed by atoms with Crippen LogP contribution in [0.25, 0.3) is 10.9 Å². The molecule has 6 nitrogen and oxygen atoms in total. The van der Waals surface area contributed by atoms with Gasteiger partial charge in [-0.25, -0.2) is 4.79 Å². The smallest absolute Gasteiger partial charge is 0.404 e. The van der Waals surface area contributed by atoms with Gasteiger partial charge in [-0.1, -0.05) is 6.07 Å². The third-order valence-corrected chi connectivity index (χ3v) is 4.75. The number of ether oxygens (including phenoxy) is 1. The summed E-state index contributed by atoms with van der Waals surface area (Å²) in [5.74, 6) is 0. The van der Waals surface area contributed by atoms with Gasteiger partial charge in [-0.2, -0.15) is 5.26 Å². The summed E-state index contributed by atoms with van der Waals surface area (Å²) in [5, 5.41) is 10.4. The van der Waals surface area contributed by atoms with Gasteiger partial charge in [0.05, 0.1) is 31.0 Å². The van der Waals surface area contributed by atoms with Crippen LogP contribution >= 0.6 is 0 Å². The molecule has 0 saturated carbocycles. The van der Waals surface area contributed by atoms with Crippen molar-refractivity contribution in [3.63, 3.8) is 0 Å². The number of carbonyl (C=O) groups excluding carboxylic acids is 1. The number of hydrogen-bond donors (Lipinski definition) is 1. The number of hydrogen-bond acceptors (Lipinski definition) is 4. The Bertz CT molecular complexity index is 987. The summed E-state index contributed by atoms with van der Waals surface area (Å²) in [6.07, 6.45) is 5.84. The summed E-state index contributed by atoms with van der Waals surface area (Å²) in [7, 11) is 1.22. The first-order chi connectivity index (χ1) is 13.1. The molecule has 0 atom stereocenters. The van der Waals surface area contributed by atoms with Gasteiger partial charge in [0.25, 0.3) is 0 Å². The van der Waals surface area contributed by atoms with Crippen LogP contribution in [0.1, 0.15) is 35.4 Å². The normalized spacial score (nSPS) is 12.4. The monoisotopic (exact) mass is 362 g/mol. The maximum Gasteiger partial charge on any atom is 0.404 e. The van der Waals surface area contributed by atoms with Gasteiger partial charge in [-0.3, -0.25) is 4.98 Å². The Kier molecular flexibility index (Phi) is 5.72. The van der Waals surface area contributed by atoms with Gasteiger partial charge in [0.2, 0.25) is 0 Å². The van der Waals surface area contributed by atoms with Gasteiger partial charge in [0.15, 0.2) is 0 Å². The summed E-state index contributed by atoms with van der Waals surface area (Å²) in [6, 6.07) is 14.4. The van der Waals surface area contributed by atoms with E-state index in [4.69, 9.17) is 0 Å². The molecule has 1 amide bonds. The summed E-state index contributed by atoms with van der Waals surface area (Å²) >= 11 is 0. The fourth-order valence-electron chi connectivity index (χ4n) is 3.54. The zero-order valence-electron chi connectivity index (χ0n) is 15.3. The second-order valence-electron chi connectivity index (χ2n) is 6.41. The highest BCUT2D eigenvalue weighted by atomic mass is 16.5. The van der Waals surface area contributed by atoms with Crippen molar-refractivity contribution in [2.75, 3.05) is 7.11 Å². The Morgan fingerprint density at radius 3 is 2.74 bits per heavy atom. The van der Waals surface area contributed by atoms with Crippen molar-refractivity contribution in [2.45, 2.75) is 32.2 Å². The number of rotatable bonds is 2. The van der Waals surface area contributed by atoms with Crippen LogP contribution < -0.4 is 5.73 Å². The van der Waals surface area contributed by atoms with E-state index in [0.717, 1.165) is 30.6 Å². The maximum absolute atomic E-state index is 9.37. The Labute approximate surface area is 158 Å². The maximum atomic E-state index is 9.37. The molecule has 3 aromatic rings. The molecule has 0 aliphatic heterocycles. The number of fused-ring (bicyclic) bond motifs is 3. The minimum Gasteiger partial charge on any atom is -0.453 e. The average molecular weight is 362 g/mol. The van der Waals surface area contributed by atoms with E-state index in [-0.39, 0.29) is 0 Å². The summed E-state index contributed by atoms with van der Waals surface area (Å²) in [6.45, 7) is 0.804. The van der Waals surface area contributed by atoms with Crippen LogP contribution in [0.2, 0.25) is 0 Å². The van der Waals surface area contributed by atoms with Gasteiger partial charge >= 0.3 is 6.09 Å². The fraction of sp³-hybridized carbons (Fsp3) is 0.286. The number of nitrogens with zero attached hydrogens (tertiary/aromatic N) is 3. The molecule has 0 saturated heterocycles. The van der Waals surface area contributed by atoms with E-state index in [1.54, 1.807) is 0 Å². The van der Waals surface area contributed by atoms with E-state index in [1.807, 2.05) is 24.4 Å². The lowest BCUT2D eigenvalue weighted by Crippen LogP contribution is -2.09. The molecule has 27 heavy (non-hydrogen) atoms. The minimum atomic E-state index is -0.745. The molecule has 2 heterocycles. The molecule has 2 N–H and O–H groups in total. The van der Waals surface area contributed by atoms with Crippen LogP contribution in [0.15, 0.2) is 42.6 Å². The molecule has 1 aliphatic rings. The zero-order valence-corrected chi connectivity index (χ0v) is 15.3. The van der Waals surface area contributed by atoms with E-state index in [2.05, 4.69) is 44.3 Å². The summed E-state index contributed by atoms with van der Waals surface area (Å²) < 4.78 is 6.29. The fourth-order valence-corrected chi connectivity index (χ4v) is 3.54. The lowest BCUT2D eigenvalue weighted by molar-refractivity contribution is 0.182. The number of methoxy groups -OCH3 is 1. The highest BCUT2D eigenvalue weighted by Gasteiger charge is 2.20. The molecule has 4 rings (SSSR count). The standard InChI is InChI=1S/C19H17N3.C2H5NO2/c20-12-14-8-9-19-17(11-14)16-6-1-2-7-18(16)22(19)13-15-5-3-4-10-21-15;1-5-2(3)4/h3-5,8-11H,1-2,6-7,13H2;1H3,(H2,3,4). The van der Waals surface area contributed by atoms with Gasteiger partial charge in [-0.05, 0) is 61.6 Å². The number of nitriles is 1. The van der Waals surface area contributed by atoms with Gasteiger partial charge in [0, 0.05) is 22.8 Å². The van der Waals surface area contributed by atoms with Crippen LogP contribution in [0.3, 0.4) is 0 Å².